The quantitative estimate of drug-likeness (QED) is 0.478. The summed E-state index contributed by atoms with van der Waals surface area (Å²) in [7, 11) is 0. The van der Waals surface area contributed by atoms with E-state index in [1.54, 1.807) is 16.8 Å². The molecule has 10 heteroatoms. The van der Waals surface area contributed by atoms with Crippen molar-refractivity contribution in [1.29, 1.82) is 0 Å². The highest BCUT2D eigenvalue weighted by molar-refractivity contribution is 5.94. The largest absolute Gasteiger partial charge is 0.473 e. The van der Waals surface area contributed by atoms with Gasteiger partial charge in [0.25, 0.3) is 0 Å². The van der Waals surface area contributed by atoms with Crippen LogP contribution in [0.2, 0.25) is 0 Å². The topological polar surface area (TPSA) is 114 Å². The number of morpholine rings is 1. The second-order valence-corrected chi connectivity index (χ2v) is 8.34. The molecule has 0 atom stereocenters. The molecule has 1 aliphatic heterocycles. The Morgan fingerprint density at radius 3 is 2.85 bits per heavy atom. The van der Waals surface area contributed by atoms with Crippen molar-refractivity contribution in [2.24, 2.45) is 0 Å². The van der Waals surface area contributed by atoms with Crippen LogP contribution in [0.1, 0.15) is 12.8 Å². The molecule has 10 nitrogen and oxygen atoms in total. The Bertz CT molecular complexity index is 1320. The summed E-state index contributed by atoms with van der Waals surface area (Å²) in [6, 6.07) is 11.7. The number of imidazole rings is 1. The molecule has 1 saturated carbocycles. The van der Waals surface area contributed by atoms with Crippen molar-refractivity contribution in [3.8, 4) is 17.3 Å². The van der Waals surface area contributed by atoms with Crippen LogP contribution in [0.25, 0.3) is 28.1 Å². The molecule has 1 aromatic carbocycles. The summed E-state index contributed by atoms with van der Waals surface area (Å²) in [6.07, 6.45) is 1.91. The number of furan rings is 1. The van der Waals surface area contributed by atoms with E-state index < -0.39 is 6.09 Å². The van der Waals surface area contributed by atoms with E-state index in [1.165, 1.54) is 0 Å². The number of carbonyl (C=O) groups is 1. The van der Waals surface area contributed by atoms with Gasteiger partial charge in [-0.2, -0.15) is 0 Å². The second-order valence-electron chi connectivity index (χ2n) is 8.34. The summed E-state index contributed by atoms with van der Waals surface area (Å²) in [6.45, 7) is 3.13. The van der Waals surface area contributed by atoms with E-state index in [0.29, 0.717) is 30.1 Å². The number of benzene rings is 1. The lowest BCUT2D eigenvalue weighted by Gasteiger charge is -2.34. The molecule has 1 saturated heterocycles. The van der Waals surface area contributed by atoms with Crippen LogP contribution in [0.5, 0.6) is 5.88 Å². The zero-order chi connectivity index (χ0) is 22.4. The monoisotopic (exact) mass is 449 g/mol. The summed E-state index contributed by atoms with van der Waals surface area (Å²) in [5, 5.41) is 16.9. The van der Waals surface area contributed by atoms with Gasteiger partial charge in [0, 0.05) is 49.1 Å². The third-order valence-corrected chi connectivity index (χ3v) is 6.19. The SMILES string of the molecule is O=C(O)N[C@H]1C[C@H](Oc2ccc3ncc(-c4cc5c(N6CCOCC6)cccc5o4)n3n2)C1. The fourth-order valence-electron chi connectivity index (χ4n) is 4.46. The number of rotatable bonds is 5. The molecule has 0 unspecified atom stereocenters. The highest BCUT2D eigenvalue weighted by atomic mass is 16.5. The average Bonchev–Trinajstić information content (AvgIpc) is 3.41. The first-order chi connectivity index (χ1) is 16.1. The summed E-state index contributed by atoms with van der Waals surface area (Å²) in [5.41, 5.74) is 3.36. The van der Waals surface area contributed by atoms with Crippen molar-refractivity contribution in [2.75, 3.05) is 31.2 Å². The third kappa shape index (κ3) is 3.72. The molecular weight excluding hydrogens is 426 g/mol. The van der Waals surface area contributed by atoms with E-state index in [2.05, 4.69) is 26.4 Å². The number of hydrogen-bond acceptors (Lipinski definition) is 7. The minimum Gasteiger partial charge on any atom is -0.473 e. The number of aromatic nitrogens is 3. The molecule has 4 aromatic rings. The number of nitrogens with one attached hydrogen (secondary N) is 1. The van der Waals surface area contributed by atoms with Gasteiger partial charge in [-0.25, -0.2) is 14.3 Å². The summed E-state index contributed by atoms with van der Waals surface area (Å²) < 4.78 is 19.3. The summed E-state index contributed by atoms with van der Waals surface area (Å²) in [4.78, 5) is 17.5. The van der Waals surface area contributed by atoms with Gasteiger partial charge in [0.15, 0.2) is 11.4 Å². The molecule has 2 fully saturated rings. The molecule has 0 spiro atoms. The lowest BCUT2D eigenvalue weighted by molar-refractivity contribution is 0.0782. The van der Waals surface area contributed by atoms with Crippen molar-refractivity contribution in [3.05, 3.63) is 42.6 Å². The van der Waals surface area contributed by atoms with Crippen LogP contribution in [0.3, 0.4) is 0 Å². The maximum absolute atomic E-state index is 10.7. The number of anilines is 1. The van der Waals surface area contributed by atoms with E-state index in [9.17, 15) is 4.79 Å². The molecule has 2 N–H and O–H groups in total. The Morgan fingerprint density at radius 1 is 1.18 bits per heavy atom. The Morgan fingerprint density at radius 2 is 2.03 bits per heavy atom. The molecule has 1 aliphatic carbocycles. The Hall–Kier alpha value is -3.79. The van der Waals surface area contributed by atoms with E-state index in [4.69, 9.17) is 19.0 Å². The molecule has 170 valence electrons. The van der Waals surface area contributed by atoms with Gasteiger partial charge in [-0.1, -0.05) is 6.07 Å². The standard InChI is InChI=1S/C23H23N5O5/c29-23(30)25-14-10-15(11-14)32-22-5-4-21-24-13-18(28(21)26-22)20-12-16-17(2-1-3-19(16)33-20)27-6-8-31-9-7-27/h1-5,12-15,25H,6-11H2,(H,29,30)/t14-,15-. The van der Waals surface area contributed by atoms with Crippen LogP contribution in [0.4, 0.5) is 10.5 Å². The van der Waals surface area contributed by atoms with Gasteiger partial charge < -0.3 is 29.2 Å². The fraction of sp³-hybridized carbons (Fsp3) is 0.348. The van der Waals surface area contributed by atoms with Gasteiger partial charge in [-0.3, -0.25) is 0 Å². The van der Waals surface area contributed by atoms with Gasteiger partial charge >= 0.3 is 6.09 Å². The smallest absolute Gasteiger partial charge is 0.404 e. The van der Waals surface area contributed by atoms with E-state index in [1.807, 2.05) is 24.3 Å². The molecule has 2 aliphatic rings. The van der Waals surface area contributed by atoms with E-state index in [-0.39, 0.29) is 12.1 Å². The van der Waals surface area contributed by atoms with Crippen LogP contribution in [-0.4, -0.2) is 64.2 Å². The Labute approximate surface area is 188 Å². The first-order valence-corrected chi connectivity index (χ1v) is 11.0. The Balaban J connectivity index is 1.28. The zero-order valence-corrected chi connectivity index (χ0v) is 17.8. The van der Waals surface area contributed by atoms with Crippen molar-refractivity contribution in [1.82, 2.24) is 19.9 Å². The number of hydrogen-bond donors (Lipinski definition) is 2. The minimum atomic E-state index is -1.01. The fourth-order valence-corrected chi connectivity index (χ4v) is 4.46. The lowest BCUT2D eigenvalue weighted by atomic mass is 9.89. The van der Waals surface area contributed by atoms with E-state index in [0.717, 1.165) is 48.7 Å². The van der Waals surface area contributed by atoms with Gasteiger partial charge in [0.05, 0.1) is 19.4 Å². The second kappa shape index (κ2) is 7.96. The van der Waals surface area contributed by atoms with Crippen molar-refractivity contribution in [2.45, 2.75) is 25.0 Å². The summed E-state index contributed by atoms with van der Waals surface area (Å²) in [5.74, 6) is 1.14. The zero-order valence-electron chi connectivity index (χ0n) is 17.8. The molecule has 0 radical (unpaired) electrons. The number of fused-ring (bicyclic) bond motifs is 2. The first kappa shape index (κ1) is 19.9. The molecule has 6 rings (SSSR count). The number of nitrogens with zero attached hydrogens (tertiary/aromatic N) is 4. The van der Waals surface area contributed by atoms with E-state index >= 15 is 0 Å². The minimum absolute atomic E-state index is 0.0685. The number of ether oxygens (including phenoxy) is 2. The molecular formula is C23H23N5O5. The van der Waals surface area contributed by atoms with Crippen molar-refractivity contribution < 1.29 is 23.8 Å². The van der Waals surface area contributed by atoms with Gasteiger partial charge in [-0.15, -0.1) is 5.10 Å². The average molecular weight is 449 g/mol. The highest BCUT2D eigenvalue weighted by Crippen LogP contribution is 2.35. The van der Waals surface area contributed by atoms with Gasteiger partial charge in [0.1, 0.15) is 17.4 Å². The molecule has 4 heterocycles. The number of amides is 1. The molecule has 33 heavy (non-hydrogen) atoms. The highest BCUT2D eigenvalue weighted by Gasteiger charge is 2.32. The lowest BCUT2D eigenvalue weighted by Crippen LogP contribution is -2.48. The van der Waals surface area contributed by atoms with Crippen LogP contribution < -0.4 is 15.0 Å². The van der Waals surface area contributed by atoms with Crippen LogP contribution in [0.15, 0.2) is 47.0 Å². The van der Waals surface area contributed by atoms with Crippen LogP contribution >= 0.6 is 0 Å². The Kier molecular flexibility index (Phi) is 4.79. The number of carboxylic acid groups (broad SMARTS) is 1. The van der Waals surface area contributed by atoms with Crippen LogP contribution in [0, 0.1) is 0 Å². The predicted molar refractivity (Wildman–Crippen MR) is 120 cm³/mol. The van der Waals surface area contributed by atoms with Crippen LogP contribution in [-0.2, 0) is 4.74 Å². The molecule has 3 aromatic heterocycles. The normalized spacial score (nSPS) is 20.7. The maximum Gasteiger partial charge on any atom is 0.404 e. The molecule has 1 amide bonds. The van der Waals surface area contributed by atoms with Gasteiger partial charge in [-0.05, 0) is 24.3 Å². The third-order valence-electron chi connectivity index (χ3n) is 6.19. The predicted octanol–water partition coefficient (Wildman–Crippen LogP) is 3.16. The first-order valence-electron chi connectivity index (χ1n) is 11.0. The van der Waals surface area contributed by atoms with Gasteiger partial charge in [0.2, 0.25) is 5.88 Å². The van der Waals surface area contributed by atoms with Crippen molar-refractivity contribution >= 4 is 28.4 Å². The maximum atomic E-state index is 10.7. The van der Waals surface area contributed by atoms with Crippen molar-refractivity contribution in [3.63, 3.8) is 0 Å². The summed E-state index contributed by atoms with van der Waals surface area (Å²) >= 11 is 0. The molecule has 0 bridgehead atoms.